The van der Waals surface area contributed by atoms with Crippen LogP contribution in [0.3, 0.4) is 0 Å². The Morgan fingerprint density at radius 1 is 1.00 bits per heavy atom. The maximum absolute atomic E-state index is 4.02. The Bertz CT molecular complexity index is 416. The SMILES string of the molecule is C=C[Si](C)(C)CC[Si](C)(C)c1ccc([Si](C)C)cc1. The molecule has 0 heterocycles. The number of rotatable bonds is 6. The maximum atomic E-state index is 4.02. The molecule has 0 saturated carbocycles. The van der Waals surface area contributed by atoms with Crippen molar-refractivity contribution in [3.8, 4) is 0 Å². The number of hydrogen-bond acceptors (Lipinski definition) is 0. The Balaban J connectivity index is 2.79. The van der Waals surface area contributed by atoms with Gasteiger partial charge in [-0.2, -0.15) is 0 Å². The summed E-state index contributed by atoms with van der Waals surface area (Å²) >= 11 is 0. The molecule has 0 saturated heterocycles. The number of benzene rings is 1. The first-order valence-corrected chi connectivity index (χ1v) is 16.2. The average molecular weight is 306 g/mol. The molecule has 0 aliphatic rings. The minimum absolute atomic E-state index is 0.303. The van der Waals surface area contributed by atoms with Crippen molar-refractivity contribution < 1.29 is 0 Å². The summed E-state index contributed by atoms with van der Waals surface area (Å²) in [7, 11) is -2.71. The molecule has 1 aromatic carbocycles. The highest BCUT2D eigenvalue weighted by Crippen LogP contribution is 2.20. The van der Waals surface area contributed by atoms with Crippen molar-refractivity contribution in [1.29, 1.82) is 0 Å². The van der Waals surface area contributed by atoms with E-state index in [1.165, 1.54) is 12.1 Å². The summed E-state index contributed by atoms with van der Waals surface area (Å²) in [6, 6.07) is 12.3. The van der Waals surface area contributed by atoms with E-state index in [1.54, 1.807) is 10.4 Å². The second-order valence-electron chi connectivity index (χ2n) is 7.15. The van der Waals surface area contributed by atoms with Crippen molar-refractivity contribution >= 4 is 35.3 Å². The molecule has 1 aromatic rings. The molecule has 3 heteroatoms. The first-order chi connectivity index (χ1) is 8.68. The van der Waals surface area contributed by atoms with Gasteiger partial charge in [0.1, 0.15) is 0 Å². The molecule has 0 amide bonds. The lowest BCUT2D eigenvalue weighted by Gasteiger charge is -2.27. The van der Waals surface area contributed by atoms with Crippen molar-refractivity contribution in [3.63, 3.8) is 0 Å². The van der Waals surface area contributed by atoms with Crippen LogP contribution in [-0.2, 0) is 0 Å². The van der Waals surface area contributed by atoms with Gasteiger partial charge >= 0.3 is 0 Å². The third-order valence-electron chi connectivity index (χ3n) is 4.19. The molecule has 19 heavy (non-hydrogen) atoms. The Hall–Kier alpha value is -0.389. The lowest BCUT2D eigenvalue weighted by molar-refractivity contribution is 1.30. The third-order valence-corrected chi connectivity index (χ3v) is 12.2. The van der Waals surface area contributed by atoms with Crippen LogP contribution in [0.2, 0.25) is 51.4 Å². The van der Waals surface area contributed by atoms with Crippen LogP contribution in [-0.4, -0.2) is 24.9 Å². The van der Waals surface area contributed by atoms with Gasteiger partial charge in [-0.05, 0) is 0 Å². The molecule has 0 aromatic heterocycles. The molecule has 0 atom stereocenters. The monoisotopic (exact) mass is 305 g/mol. The van der Waals surface area contributed by atoms with Gasteiger partial charge in [0.2, 0.25) is 0 Å². The van der Waals surface area contributed by atoms with E-state index < -0.39 is 16.1 Å². The largest absolute Gasteiger partial charge is 0.107 e. The first kappa shape index (κ1) is 16.7. The summed E-state index contributed by atoms with van der Waals surface area (Å²) in [5.41, 5.74) is 2.24. The molecule has 0 spiro atoms. The van der Waals surface area contributed by atoms with Gasteiger partial charge in [0, 0.05) is 0 Å². The first-order valence-electron chi connectivity index (χ1n) is 7.23. The fourth-order valence-corrected chi connectivity index (χ4v) is 9.61. The van der Waals surface area contributed by atoms with Crippen molar-refractivity contribution in [2.45, 2.75) is 51.4 Å². The fraction of sp³-hybridized carbons (Fsp3) is 0.500. The predicted octanol–water partition coefficient (Wildman–Crippen LogP) is 4.00. The Labute approximate surface area is 123 Å². The van der Waals surface area contributed by atoms with E-state index >= 15 is 0 Å². The molecule has 0 aliphatic heterocycles. The molecule has 0 aliphatic carbocycles. The minimum atomic E-state index is -1.26. The molecule has 0 N–H and O–H groups in total. The van der Waals surface area contributed by atoms with Crippen molar-refractivity contribution in [2.75, 3.05) is 0 Å². The molecule has 0 fully saturated rings. The van der Waals surface area contributed by atoms with E-state index in [9.17, 15) is 0 Å². The average Bonchev–Trinajstić information content (AvgIpc) is 2.37. The lowest BCUT2D eigenvalue weighted by atomic mass is 10.4. The summed E-state index contributed by atoms with van der Waals surface area (Å²) in [6.45, 7) is 18.6. The summed E-state index contributed by atoms with van der Waals surface area (Å²) in [5, 5.41) is 3.17. The Kier molecular flexibility index (Phi) is 5.59. The highest BCUT2D eigenvalue weighted by atomic mass is 28.3. The van der Waals surface area contributed by atoms with Gasteiger partial charge in [0.15, 0.2) is 0 Å². The number of hydrogen-bond donors (Lipinski definition) is 0. The topological polar surface area (TPSA) is 0 Å². The van der Waals surface area contributed by atoms with Gasteiger partial charge in [-0.25, -0.2) is 0 Å². The van der Waals surface area contributed by atoms with E-state index in [4.69, 9.17) is 0 Å². The van der Waals surface area contributed by atoms with Gasteiger partial charge < -0.3 is 0 Å². The van der Waals surface area contributed by atoms with Gasteiger partial charge in [0.25, 0.3) is 0 Å². The minimum Gasteiger partial charge on any atom is -0.107 e. The molecule has 0 nitrogen and oxygen atoms in total. The summed E-state index contributed by atoms with van der Waals surface area (Å²) in [5.74, 6) is 0. The zero-order valence-corrected chi connectivity index (χ0v) is 16.5. The third kappa shape index (κ3) is 4.89. The second-order valence-corrected chi connectivity index (χ2v) is 19.5. The summed E-state index contributed by atoms with van der Waals surface area (Å²) in [6.07, 6.45) is 0. The smallest absolute Gasteiger partial charge is 0.0803 e. The highest BCUT2D eigenvalue weighted by Gasteiger charge is 2.27. The van der Waals surface area contributed by atoms with Gasteiger partial charge in [-0.15, -0.1) is 12.3 Å². The van der Waals surface area contributed by atoms with Crippen LogP contribution in [0.4, 0.5) is 0 Å². The fourth-order valence-electron chi connectivity index (χ4n) is 2.14. The Morgan fingerprint density at radius 3 is 1.95 bits per heavy atom. The van der Waals surface area contributed by atoms with Gasteiger partial charge in [-0.1, -0.05) is 86.0 Å². The van der Waals surface area contributed by atoms with Crippen LogP contribution in [0.5, 0.6) is 0 Å². The Morgan fingerprint density at radius 2 is 1.53 bits per heavy atom. The predicted molar refractivity (Wildman–Crippen MR) is 98.0 cm³/mol. The molecular formula is C16H29Si3. The molecular weight excluding hydrogens is 276 g/mol. The van der Waals surface area contributed by atoms with Crippen LogP contribution in [0.25, 0.3) is 0 Å². The van der Waals surface area contributed by atoms with Crippen molar-refractivity contribution in [3.05, 3.63) is 36.5 Å². The normalized spacial score (nSPS) is 12.8. The van der Waals surface area contributed by atoms with Gasteiger partial charge in [-0.3, -0.25) is 0 Å². The van der Waals surface area contributed by atoms with Crippen LogP contribution >= 0.6 is 0 Å². The molecule has 0 unspecified atom stereocenters. The van der Waals surface area contributed by atoms with E-state index in [-0.39, 0.29) is 8.80 Å². The molecule has 1 radical (unpaired) electrons. The maximum Gasteiger partial charge on any atom is 0.0803 e. The van der Waals surface area contributed by atoms with Crippen molar-refractivity contribution in [1.82, 2.24) is 0 Å². The standard InChI is InChI=1S/C16H29Si3/c1-8-18(4,5)13-14-19(6,7)16-11-9-15(10-12-16)17(2)3/h8-12H,1,13-14H2,2-7H3. The van der Waals surface area contributed by atoms with E-state index in [2.05, 4.69) is 75.8 Å². The van der Waals surface area contributed by atoms with Gasteiger partial charge in [0.05, 0.1) is 24.9 Å². The molecule has 105 valence electrons. The van der Waals surface area contributed by atoms with Crippen molar-refractivity contribution in [2.24, 2.45) is 0 Å². The quantitative estimate of drug-likeness (QED) is 0.697. The molecule has 1 rings (SSSR count). The van der Waals surface area contributed by atoms with E-state index in [1.807, 2.05) is 0 Å². The molecule has 0 bridgehead atoms. The summed E-state index contributed by atoms with van der Waals surface area (Å²) < 4.78 is 0. The van der Waals surface area contributed by atoms with E-state index in [0.29, 0.717) is 0 Å². The lowest BCUT2D eigenvalue weighted by Crippen LogP contribution is -2.43. The zero-order valence-electron chi connectivity index (χ0n) is 13.5. The zero-order chi connectivity index (χ0) is 14.7. The van der Waals surface area contributed by atoms with E-state index in [0.717, 1.165) is 0 Å². The van der Waals surface area contributed by atoms with Crippen LogP contribution in [0, 0.1) is 0 Å². The van der Waals surface area contributed by atoms with Crippen LogP contribution < -0.4 is 10.4 Å². The van der Waals surface area contributed by atoms with Crippen LogP contribution in [0.15, 0.2) is 36.5 Å². The summed E-state index contributed by atoms with van der Waals surface area (Å²) in [4.78, 5) is 0. The van der Waals surface area contributed by atoms with Crippen LogP contribution in [0.1, 0.15) is 0 Å². The highest BCUT2D eigenvalue weighted by molar-refractivity contribution is 6.92. The second kappa shape index (κ2) is 6.37.